The number of hydrogen-bond acceptors (Lipinski definition) is 3. The zero-order valence-corrected chi connectivity index (χ0v) is 19.8. The molecule has 0 unspecified atom stereocenters. The van der Waals surface area contributed by atoms with Crippen molar-refractivity contribution in [3.63, 3.8) is 0 Å². The molecule has 0 fully saturated rings. The maximum Gasteiger partial charge on any atom is 0.254 e. The lowest BCUT2D eigenvalue weighted by atomic mass is 10.0. The molecule has 2 aromatic carbocycles. The van der Waals surface area contributed by atoms with Crippen LogP contribution in [-0.2, 0) is 24.9 Å². The van der Waals surface area contributed by atoms with E-state index in [2.05, 4.69) is 6.92 Å². The first-order valence-electron chi connectivity index (χ1n) is 11.7. The summed E-state index contributed by atoms with van der Waals surface area (Å²) in [6, 6.07) is 21.2. The number of aromatic nitrogens is 1. The van der Waals surface area contributed by atoms with E-state index in [1.54, 1.807) is 16.1 Å². The predicted octanol–water partition coefficient (Wildman–Crippen LogP) is 5.24. The Morgan fingerprint density at radius 3 is 2.47 bits per heavy atom. The van der Waals surface area contributed by atoms with Gasteiger partial charge >= 0.3 is 0 Å². The van der Waals surface area contributed by atoms with Crippen molar-refractivity contribution in [3.05, 3.63) is 96.2 Å². The molecule has 0 bridgehead atoms. The second-order valence-corrected chi connectivity index (χ2v) is 8.55. The van der Waals surface area contributed by atoms with Gasteiger partial charge in [0.2, 0.25) is 5.91 Å². The van der Waals surface area contributed by atoms with Gasteiger partial charge in [-0.05, 0) is 47.5 Å². The highest BCUT2D eigenvalue weighted by atomic mass is 16.3. The molecule has 4 aromatic rings. The lowest BCUT2D eigenvalue weighted by molar-refractivity contribution is -0.133. The number of rotatable bonds is 10. The van der Waals surface area contributed by atoms with Crippen molar-refractivity contribution in [2.75, 3.05) is 13.1 Å². The van der Waals surface area contributed by atoms with Gasteiger partial charge in [-0.2, -0.15) is 0 Å². The molecule has 4 rings (SSSR count). The third kappa shape index (κ3) is 5.39. The van der Waals surface area contributed by atoms with E-state index in [4.69, 9.17) is 4.42 Å². The molecule has 0 saturated heterocycles. The maximum atomic E-state index is 13.6. The van der Waals surface area contributed by atoms with Crippen LogP contribution in [0.25, 0.3) is 10.8 Å². The van der Waals surface area contributed by atoms with Crippen LogP contribution < -0.4 is 0 Å². The van der Waals surface area contributed by atoms with E-state index in [0.29, 0.717) is 31.0 Å². The Balaban J connectivity index is 1.59. The third-order valence-electron chi connectivity index (χ3n) is 6.10. The fraction of sp³-hybridized carbons (Fsp3) is 0.286. The summed E-state index contributed by atoms with van der Waals surface area (Å²) in [5.74, 6) is 0.487. The van der Waals surface area contributed by atoms with Gasteiger partial charge in [0, 0.05) is 31.0 Å². The maximum absolute atomic E-state index is 13.6. The van der Waals surface area contributed by atoms with E-state index in [1.165, 1.54) is 0 Å². The standard InChI is InChI=1S/C28H31N3O3/c1-3-4-17-30(28(33)26-15-7-11-22-10-5-6-14-25(22)26)21-27(32)31(20-24-13-9-18-34-24)19-23-12-8-16-29(23)2/h5-16,18H,3-4,17,19-21H2,1-2H3. The van der Waals surface area contributed by atoms with Crippen LogP contribution in [0.4, 0.5) is 0 Å². The summed E-state index contributed by atoms with van der Waals surface area (Å²) < 4.78 is 7.52. The number of aryl methyl sites for hydroxylation is 1. The molecule has 0 spiro atoms. The molecule has 34 heavy (non-hydrogen) atoms. The minimum Gasteiger partial charge on any atom is -0.467 e. The number of amides is 2. The van der Waals surface area contributed by atoms with E-state index < -0.39 is 0 Å². The fourth-order valence-corrected chi connectivity index (χ4v) is 4.13. The smallest absolute Gasteiger partial charge is 0.254 e. The van der Waals surface area contributed by atoms with Crippen molar-refractivity contribution >= 4 is 22.6 Å². The summed E-state index contributed by atoms with van der Waals surface area (Å²) in [6.07, 6.45) is 5.34. The molecule has 0 aliphatic heterocycles. The first-order chi connectivity index (χ1) is 16.6. The number of benzene rings is 2. The number of carbonyl (C=O) groups excluding carboxylic acids is 2. The van der Waals surface area contributed by atoms with Crippen LogP contribution in [0.15, 0.2) is 83.6 Å². The molecule has 2 aromatic heterocycles. The van der Waals surface area contributed by atoms with Gasteiger partial charge in [0.1, 0.15) is 12.3 Å². The highest BCUT2D eigenvalue weighted by Crippen LogP contribution is 2.21. The minimum absolute atomic E-state index is 0.0210. The molecule has 0 aliphatic rings. The van der Waals surface area contributed by atoms with Gasteiger partial charge in [-0.25, -0.2) is 0 Å². The summed E-state index contributed by atoms with van der Waals surface area (Å²) in [5, 5.41) is 1.92. The fourth-order valence-electron chi connectivity index (χ4n) is 4.13. The molecular formula is C28H31N3O3. The van der Waals surface area contributed by atoms with Crippen LogP contribution >= 0.6 is 0 Å². The Bertz CT molecular complexity index is 1240. The molecule has 0 N–H and O–H groups in total. The molecule has 0 atom stereocenters. The van der Waals surface area contributed by atoms with Crippen LogP contribution in [-0.4, -0.2) is 39.3 Å². The SMILES string of the molecule is CCCCN(CC(=O)N(Cc1ccco1)Cc1cccn1C)C(=O)c1cccc2ccccc12. The Morgan fingerprint density at radius 2 is 1.74 bits per heavy atom. The van der Waals surface area contributed by atoms with Gasteiger partial charge in [0.15, 0.2) is 0 Å². The molecule has 176 valence electrons. The first-order valence-corrected chi connectivity index (χ1v) is 11.7. The Labute approximate surface area is 200 Å². The molecule has 6 nitrogen and oxygen atoms in total. The first kappa shape index (κ1) is 23.4. The summed E-state index contributed by atoms with van der Waals surface area (Å²) in [6.45, 7) is 3.42. The molecular weight excluding hydrogens is 426 g/mol. The van der Waals surface area contributed by atoms with Gasteiger partial charge in [-0.3, -0.25) is 9.59 Å². The average Bonchev–Trinajstić information content (AvgIpc) is 3.52. The van der Waals surface area contributed by atoms with Gasteiger partial charge in [-0.15, -0.1) is 0 Å². The summed E-state index contributed by atoms with van der Waals surface area (Å²) in [5.41, 5.74) is 1.64. The van der Waals surface area contributed by atoms with Gasteiger partial charge in [0.05, 0.1) is 19.4 Å². The van der Waals surface area contributed by atoms with E-state index in [-0.39, 0.29) is 18.4 Å². The van der Waals surface area contributed by atoms with Crippen LogP contribution in [0, 0.1) is 0 Å². The topological polar surface area (TPSA) is 58.7 Å². The van der Waals surface area contributed by atoms with Crippen LogP contribution in [0.1, 0.15) is 41.6 Å². The minimum atomic E-state index is -0.115. The third-order valence-corrected chi connectivity index (χ3v) is 6.10. The molecule has 2 amide bonds. The van der Waals surface area contributed by atoms with Gasteiger partial charge < -0.3 is 18.8 Å². The summed E-state index contributed by atoms with van der Waals surface area (Å²) in [4.78, 5) is 30.6. The van der Waals surface area contributed by atoms with Crippen molar-refractivity contribution in [3.8, 4) is 0 Å². The Hall–Kier alpha value is -3.80. The van der Waals surface area contributed by atoms with E-state index in [9.17, 15) is 9.59 Å². The zero-order chi connectivity index (χ0) is 23.9. The number of nitrogens with zero attached hydrogens (tertiary/aromatic N) is 3. The highest BCUT2D eigenvalue weighted by Gasteiger charge is 2.24. The van der Waals surface area contributed by atoms with Crippen molar-refractivity contribution in [2.45, 2.75) is 32.9 Å². The normalized spacial score (nSPS) is 11.0. The molecule has 6 heteroatoms. The highest BCUT2D eigenvalue weighted by molar-refractivity contribution is 6.07. The average molecular weight is 458 g/mol. The summed E-state index contributed by atoms with van der Waals surface area (Å²) >= 11 is 0. The van der Waals surface area contributed by atoms with E-state index >= 15 is 0 Å². The number of unbranched alkanes of at least 4 members (excludes halogenated alkanes) is 1. The number of carbonyl (C=O) groups is 2. The second kappa shape index (κ2) is 10.9. The lowest BCUT2D eigenvalue weighted by Crippen LogP contribution is -2.43. The van der Waals surface area contributed by atoms with E-state index in [0.717, 1.165) is 29.3 Å². The largest absolute Gasteiger partial charge is 0.467 e. The Kier molecular flexibility index (Phi) is 7.48. The molecule has 0 aliphatic carbocycles. The quantitative estimate of drug-likeness (QED) is 0.327. The number of hydrogen-bond donors (Lipinski definition) is 0. The van der Waals surface area contributed by atoms with Crippen molar-refractivity contribution in [1.29, 1.82) is 0 Å². The van der Waals surface area contributed by atoms with Crippen LogP contribution in [0.3, 0.4) is 0 Å². The van der Waals surface area contributed by atoms with Crippen molar-refractivity contribution < 1.29 is 14.0 Å². The number of fused-ring (bicyclic) bond motifs is 1. The van der Waals surface area contributed by atoms with Gasteiger partial charge in [0.25, 0.3) is 5.91 Å². The van der Waals surface area contributed by atoms with Crippen molar-refractivity contribution in [2.24, 2.45) is 7.05 Å². The molecule has 2 heterocycles. The monoisotopic (exact) mass is 457 g/mol. The van der Waals surface area contributed by atoms with Crippen LogP contribution in [0.2, 0.25) is 0 Å². The second-order valence-electron chi connectivity index (χ2n) is 8.55. The molecule has 0 radical (unpaired) electrons. The lowest BCUT2D eigenvalue weighted by Gasteiger charge is -2.28. The van der Waals surface area contributed by atoms with Crippen molar-refractivity contribution in [1.82, 2.24) is 14.4 Å². The van der Waals surface area contributed by atoms with Gasteiger partial charge in [-0.1, -0.05) is 49.7 Å². The predicted molar refractivity (Wildman–Crippen MR) is 133 cm³/mol. The van der Waals surface area contributed by atoms with E-state index in [1.807, 2.05) is 84.5 Å². The van der Waals surface area contributed by atoms with Crippen LogP contribution in [0.5, 0.6) is 0 Å². The zero-order valence-electron chi connectivity index (χ0n) is 19.8. The Morgan fingerprint density at radius 1 is 0.912 bits per heavy atom. The molecule has 0 saturated carbocycles. The number of furan rings is 1. The summed E-state index contributed by atoms with van der Waals surface area (Å²) in [7, 11) is 1.96.